The number of allylic oxidation sites excluding steroid dienone is 2. The summed E-state index contributed by atoms with van der Waals surface area (Å²) in [5.74, 6) is 0.00281. The molecule has 0 amide bonds. The molecule has 5 rings (SSSR count). The van der Waals surface area contributed by atoms with Gasteiger partial charge in [-0.3, -0.25) is 9.59 Å². The van der Waals surface area contributed by atoms with Crippen molar-refractivity contribution in [2.45, 2.75) is 57.7 Å². The van der Waals surface area contributed by atoms with Crippen molar-refractivity contribution >= 4 is 11.8 Å². The molecule has 114 valence electrons. The van der Waals surface area contributed by atoms with Gasteiger partial charge in [-0.05, 0) is 50.0 Å². The third kappa shape index (κ3) is 1.54. The number of carbonyl (C=O) groups is 2. The van der Waals surface area contributed by atoms with Crippen molar-refractivity contribution < 1.29 is 19.4 Å². The predicted molar refractivity (Wildman–Crippen MR) is 75.7 cm³/mol. The Balaban J connectivity index is 1.75. The number of carboxylic acid groups (broad SMARTS) is 1. The standard InChI is InChI=1S/C17H22O4/c1-15(5-4-13(19)20)12(18)3-6-17-8-10-7-11(14(15)17)21-16(10,2)9-17/h3,6,10-11,14H,4-5,7-9H2,1-2H3,(H,19,20). The number of hydrogen-bond acceptors (Lipinski definition) is 3. The Kier molecular flexibility index (Phi) is 2.43. The molecule has 2 heterocycles. The lowest BCUT2D eigenvalue weighted by Gasteiger charge is -2.55. The molecule has 0 aromatic heterocycles. The van der Waals surface area contributed by atoms with E-state index in [4.69, 9.17) is 9.84 Å². The van der Waals surface area contributed by atoms with Gasteiger partial charge in [0, 0.05) is 17.8 Å². The van der Waals surface area contributed by atoms with Crippen LogP contribution in [0.5, 0.6) is 0 Å². The second kappa shape index (κ2) is 3.78. The summed E-state index contributed by atoms with van der Waals surface area (Å²) in [5.41, 5.74) is -0.560. The smallest absolute Gasteiger partial charge is 0.303 e. The van der Waals surface area contributed by atoms with Crippen LogP contribution < -0.4 is 0 Å². The molecule has 4 bridgehead atoms. The summed E-state index contributed by atoms with van der Waals surface area (Å²) in [6.45, 7) is 4.17. The SMILES string of the molecule is CC12CC34C=CC(=O)C(C)(CCC(=O)O)C3C(CC1C4)O2. The number of rotatable bonds is 3. The van der Waals surface area contributed by atoms with Crippen LogP contribution in [0.4, 0.5) is 0 Å². The van der Waals surface area contributed by atoms with Gasteiger partial charge in [-0.25, -0.2) is 0 Å². The first-order valence-electron chi connectivity index (χ1n) is 7.92. The van der Waals surface area contributed by atoms with Gasteiger partial charge in [0.15, 0.2) is 5.78 Å². The van der Waals surface area contributed by atoms with Gasteiger partial charge in [0.05, 0.1) is 11.7 Å². The van der Waals surface area contributed by atoms with Crippen molar-refractivity contribution in [1.29, 1.82) is 0 Å². The lowest BCUT2D eigenvalue weighted by Crippen LogP contribution is -2.56. The summed E-state index contributed by atoms with van der Waals surface area (Å²) < 4.78 is 6.32. The summed E-state index contributed by atoms with van der Waals surface area (Å²) in [6.07, 6.45) is 7.57. The Labute approximate surface area is 124 Å². The fraction of sp³-hybridized carbons (Fsp3) is 0.765. The molecule has 4 fully saturated rings. The number of aliphatic carboxylic acids is 1. The molecule has 0 aromatic carbocycles. The molecule has 21 heavy (non-hydrogen) atoms. The van der Waals surface area contributed by atoms with Crippen molar-refractivity contribution in [2.24, 2.45) is 22.7 Å². The molecule has 1 N–H and O–H groups in total. The molecule has 4 heteroatoms. The molecular formula is C17H22O4. The molecule has 3 aliphatic carbocycles. The first-order valence-corrected chi connectivity index (χ1v) is 7.92. The Morgan fingerprint density at radius 1 is 1.48 bits per heavy atom. The zero-order valence-corrected chi connectivity index (χ0v) is 12.6. The van der Waals surface area contributed by atoms with Crippen molar-refractivity contribution in [2.75, 3.05) is 0 Å². The van der Waals surface area contributed by atoms with Gasteiger partial charge in [0.25, 0.3) is 0 Å². The summed E-state index contributed by atoms with van der Waals surface area (Å²) in [7, 11) is 0. The van der Waals surface area contributed by atoms with Gasteiger partial charge in [-0.15, -0.1) is 0 Å². The maximum atomic E-state index is 12.6. The predicted octanol–water partition coefficient (Wildman–Crippen LogP) is 2.57. The lowest BCUT2D eigenvalue weighted by molar-refractivity contribution is -0.170. The van der Waals surface area contributed by atoms with Crippen LogP contribution in [-0.2, 0) is 14.3 Å². The van der Waals surface area contributed by atoms with E-state index in [0.717, 1.165) is 19.3 Å². The van der Waals surface area contributed by atoms with E-state index < -0.39 is 11.4 Å². The fourth-order valence-corrected chi connectivity index (χ4v) is 6.01. The summed E-state index contributed by atoms with van der Waals surface area (Å²) in [6, 6.07) is 0. The monoisotopic (exact) mass is 290 g/mol. The Morgan fingerprint density at radius 3 is 2.90 bits per heavy atom. The van der Waals surface area contributed by atoms with Crippen LogP contribution in [0.25, 0.3) is 0 Å². The summed E-state index contributed by atoms with van der Waals surface area (Å²) in [4.78, 5) is 23.6. The minimum Gasteiger partial charge on any atom is -0.481 e. The van der Waals surface area contributed by atoms with Crippen molar-refractivity contribution in [3.8, 4) is 0 Å². The highest BCUT2D eigenvalue weighted by atomic mass is 16.5. The number of carboxylic acids is 1. The largest absolute Gasteiger partial charge is 0.481 e. The van der Waals surface area contributed by atoms with Gasteiger partial charge in [-0.1, -0.05) is 13.0 Å². The third-order valence-electron chi connectivity index (χ3n) is 6.77. The Bertz CT molecular complexity index is 567. The molecule has 6 unspecified atom stereocenters. The van der Waals surface area contributed by atoms with Crippen LogP contribution in [0.15, 0.2) is 12.2 Å². The first-order chi connectivity index (χ1) is 9.79. The van der Waals surface area contributed by atoms with E-state index in [1.54, 1.807) is 6.08 Å². The van der Waals surface area contributed by atoms with Crippen molar-refractivity contribution in [3.63, 3.8) is 0 Å². The van der Waals surface area contributed by atoms with Crippen LogP contribution >= 0.6 is 0 Å². The average Bonchev–Trinajstić information content (AvgIpc) is 2.75. The zero-order valence-electron chi connectivity index (χ0n) is 12.6. The van der Waals surface area contributed by atoms with Crippen LogP contribution in [0.1, 0.15) is 46.0 Å². The maximum absolute atomic E-state index is 12.6. The van der Waals surface area contributed by atoms with E-state index in [9.17, 15) is 9.59 Å². The minimum atomic E-state index is -0.827. The topological polar surface area (TPSA) is 63.6 Å². The number of carbonyl (C=O) groups excluding carboxylic acids is 1. The lowest BCUT2D eigenvalue weighted by atomic mass is 9.51. The number of ether oxygens (including phenoxy) is 1. The number of hydrogen-bond donors (Lipinski definition) is 1. The first kappa shape index (κ1) is 13.5. The highest BCUT2D eigenvalue weighted by molar-refractivity contribution is 5.96. The molecule has 0 radical (unpaired) electrons. The summed E-state index contributed by atoms with van der Waals surface area (Å²) in [5, 5.41) is 9.03. The van der Waals surface area contributed by atoms with Crippen molar-refractivity contribution in [1.82, 2.24) is 0 Å². The molecule has 0 aromatic rings. The number of ketones is 1. The Morgan fingerprint density at radius 2 is 2.24 bits per heavy atom. The highest BCUT2D eigenvalue weighted by Crippen LogP contribution is 2.71. The minimum absolute atomic E-state index is 0.0282. The van der Waals surface area contributed by atoms with Crippen molar-refractivity contribution in [3.05, 3.63) is 12.2 Å². The van der Waals surface area contributed by atoms with E-state index in [1.165, 1.54) is 0 Å². The van der Waals surface area contributed by atoms with E-state index in [1.807, 2.05) is 6.92 Å². The second-order valence-corrected chi connectivity index (χ2v) is 8.00. The summed E-state index contributed by atoms with van der Waals surface area (Å²) >= 11 is 0. The molecule has 2 saturated heterocycles. The van der Waals surface area contributed by atoms with E-state index in [-0.39, 0.29) is 35.2 Å². The normalized spacial score (nSPS) is 53.2. The van der Waals surface area contributed by atoms with Gasteiger partial charge in [0.2, 0.25) is 0 Å². The molecular weight excluding hydrogens is 268 g/mol. The zero-order chi connectivity index (χ0) is 15.0. The fourth-order valence-electron chi connectivity index (χ4n) is 6.01. The molecule has 1 spiro atoms. The van der Waals surface area contributed by atoms with Gasteiger partial charge in [-0.2, -0.15) is 0 Å². The van der Waals surface area contributed by atoms with E-state index >= 15 is 0 Å². The van der Waals surface area contributed by atoms with Crippen LogP contribution in [0.2, 0.25) is 0 Å². The average molecular weight is 290 g/mol. The van der Waals surface area contributed by atoms with E-state index in [2.05, 4.69) is 13.0 Å². The van der Waals surface area contributed by atoms with E-state index in [0.29, 0.717) is 12.3 Å². The quantitative estimate of drug-likeness (QED) is 0.867. The molecule has 2 saturated carbocycles. The van der Waals surface area contributed by atoms with Crippen LogP contribution in [0, 0.1) is 22.7 Å². The third-order valence-corrected chi connectivity index (χ3v) is 6.77. The Hall–Kier alpha value is -1.16. The molecule has 5 aliphatic rings. The van der Waals surface area contributed by atoms with Crippen LogP contribution in [-0.4, -0.2) is 28.6 Å². The second-order valence-electron chi connectivity index (χ2n) is 8.00. The van der Waals surface area contributed by atoms with Crippen LogP contribution in [0.3, 0.4) is 0 Å². The molecule has 6 atom stereocenters. The van der Waals surface area contributed by atoms with Gasteiger partial charge >= 0.3 is 5.97 Å². The molecule has 2 aliphatic heterocycles. The molecule has 4 nitrogen and oxygen atoms in total. The highest BCUT2D eigenvalue weighted by Gasteiger charge is 2.71. The van der Waals surface area contributed by atoms with Gasteiger partial charge in [0.1, 0.15) is 0 Å². The maximum Gasteiger partial charge on any atom is 0.303 e. The van der Waals surface area contributed by atoms with Gasteiger partial charge < -0.3 is 9.84 Å².